The average molecular weight is 355 g/mol. The molecule has 2 aromatic rings. The summed E-state index contributed by atoms with van der Waals surface area (Å²) in [7, 11) is 1.71. The zero-order valence-corrected chi connectivity index (χ0v) is 15.4. The van der Waals surface area contributed by atoms with Crippen LogP contribution < -0.4 is 4.74 Å². The molecule has 1 atom stereocenters. The normalized spacial score (nSPS) is 19.5. The van der Waals surface area contributed by atoms with Crippen molar-refractivity contribution in [2.24, 2.45) is 0 Å². The molecule has 0 radical (unpaired) electrons. The lowest BCUT2D eigenvalue weighted by atomic mass is 10.0. The number of morpholine rings is 1. The van der Waals surface area contributed by atoms with Gasteiger partial charge in [-0.1, -0.05) is 0 Å². The fourth-order valence-electron chi connectivity index (χ4n) is 3.98. The van der Waals surface area contributed by atoms with Crippen LogP contribution in [0.1, 0.15) is 24.5 Å². The zero-order chi connectivity index (χ0) is 18.1. The third kappa shape index (κ3) is 3.21. The van der Waals surface area contributed by atoms with Crippen molar-refractivity contribution >= 4 is 5.91 Å². The molecule has 1 amide bonds. The second kappa shape index (κ2) is 7.11. The number of ether oxygens (including phenoxy) is 2. The molecule has 0 N–H and O–H groups in total. The molecule has 4 rings (SSSR count). The number of rotatable bonds is 4. The van der Waals surface area contributed by atoms with Crippen LogP contribution in [0.2, 0.25) is 0 Å². The van der Waals surface area contributed by atoms with Crippen molar-refractivity contribution in [3.8, 4) is 17.1 Å². The van der Waals surface area contributed by atoms with Gasteiger partial charge < -0.3 is 18.9 Å². The number of hydrogen-bond donors (Lipinski definition) is 0. The Balaban J connectivity index is 1.61. The van der Waals surface area contributed by atoms with Crippen molar-refractivity contribution in [1.29, 1.82) is 0 Å². The Kier molecular flexibility index (Phi) is 4.68. The van der Waals surface area contributed by atoms with E-state index < -0.39 is 0 Å². The van der Waals surface area contributed by atoms with Gasteiger partial charge >= 0.3 is 0 Å². The second-order valence-corrected chi connectivity index (χ2v) is 7.04. The minimum atomic E-state index is -0.0268. The smallest absolute Gasteiger partial charge is 0.219 e. The van der Waals surface area contributed by atoms with E-state index in [1.807, 2.05) is 17.3 Å². The number of aromatic nitrogens is 2. The highest BCUT2D eigenvalue weighted by Crippen LogP contribution is 2.35. The van der Waals surface area contributed by atoms with Crippen LogP contribution in [0.5, 0.6) is 5.75 Å². The minimum Gasteiger partial charge on any atom is -0.496 e. The summed E-state index contributed by atoms with van der Waals surface area (Å²) in [5, 5.41) is 0. The Hall–Kier alpha value is -2.34. The first-order chi connectivity index (χ1) is 12.7. The van der Waals surface area contributed by atoms with E-state index in [9.17, 15) is 4.79 Å². The Bertz CT molecular complexity index is 815. The maximum Gasteiger partial charge on any atom is 0.219 e. The van der Waals surface area contributed by atoms with Gasteiger partial charge in [-0.15, -0.1) is 0 Å². The molecule has 0 unspecified atom stereocenters. The maximum atomic E-state index is 11.7. The lowest BCUT2D eigenvalue weighted by Gasteiger charge is -2.32. The van der Waals surface area contributed by atoms with Crippen LogP contribution in [0.4, 0.5) is 0 Å². The van der Waals surface area contributed by atoms with E-state index in [2.05, 4.69) is 21.7 Å². The average Bonchev–Trinajstić information content (AvgIpc) is 3.29. The first kappa shape index (κ1) is 17.1. The molecule has 0 spiro atoms. The molecule has 1 fully saturated rings. The molecule has 138 valence electrons. The van der Waals surface area contributed by atoms with Crippen LogP contribution in [-0.4, -0.2) is 53.3 Å². The Labute approximate surface area is 153 Å². The number of methoxy groups -OCH3 is 1. The van der Waals surface area contributed by atoms with Gasteiger partial charge in [0.25, 0.3) is 0 Å². The molecular formula is C20H25N3O3. The highest BCUT2D eigenvalue weighted by Gasteiger charge is 2.24. The number of benzene rings is 1. The monoisotopic (exact) mass is 355 g/mol. The number of imidazole rings is 1. The molecule has 0 bridgehead atoms. The third-order valence-corrected chi connectivity index (χ3v) is 5.35. The molecule has 26 heavy (non-hydrogen) atoms. The van der Waals surface area contributed by atoms with E-state index >= 15 is 0 Å². The number of carbonyl (C=O) groups excluding carboxylic acids is 1. The van der Waals surface area contributed by atoms with Crippen molar-refractivity contribution in [1.82, 2.24) is 14.5 Å². The summed E-state index contributed by atoms with van der Waals surface area (Å²) >= 11 is 0. The SMILES string of the molecule is COc1cc2c(cc1-c1nccn1C[C@H]1CN(C(C)=O)CCO1)CCC2. The van der Waals surface area contributed by atoms with E-state index in [1.165, 1.54) is 17.5 Å². The van der Waals surface area contributed by atoms with Gasteiger partial charge in [0.05, 0.1) is 31.9 Å². The van der Waals surface area contributed by atoms with Gasteiger partial charge in [-0.25, -0.2) is 4.98 Å². The summed E-state index contributed by atoms with van der Waals surface area (Å²) in [5.41, 5.74) is 3.81. The predicted octanol–water partition coefficient (Wildman–Crippen LogP) is 2.29. The lowest BCUT2D eigenvalue weighted by molar-refractivity contribution is -0.136. The number of carbonyl (C=O) groups is 1. The molecule has 1 aliphatic carbocycles. The van der Waals surface area contributed by atoms with Crippen LogP contribution in [0, 0.1) is 0 Å². The summed E-state index contributed by atoms with van der Waals surface area (Å²) in [6, 6.07) is 4.38. The molecule has 2 heterocycles. The third-order valence-electron chi connectivity index (χ3n) is 5.35. The Morgan fingerprint density at radius 2 is 2.15 bits per heavy atom. The quantitative estimate of drug-likeness (QED) is 0.844. The predicted molar refractivity (Wildman–Crippen MR) is 98.2 cm³/mol. The van der Waals surface area contributed by atoms with Gasteiger partial charge in [0, 0.05) is 32.4 Å². The highest BCUT2D eigenvalue weighted by molar-refractivity contribution is 5.73. The van der Waals surface area contributed by atoms with E-state index in [-0.39, 0.29) is 12.0 Å². The van der Waals surface area contributed by atoms with Crippen LogP contribution in [-0.2, 0) is 28.9 Å². The van der Waals surface area contributed by atoms with Gasteiger partial charge in [-0.3, -0.25) is 4.79 Å². The second-order valence-electron chi connectivity index (χ2n) is 7.04. The van der Waals surface area contributed by atoms with Crippen LogP contribution in [0.3, 0.4) is 0 Å². The first-order valence-corrected chi connectivity index (χ1v) is 9.24. The first-order valence-electron chi connectivity index (χ1n) is 9.24. The molecule has 1 aromatic carbocycles. The zero-order valence-electron chi connectivity index (χ0n) is 15.4. The van der Waals surface area contributed by atoms with Crippen LogP contribution in [0.25, 0.3) is 11.4 Å². The Morgan fingerprint density at radius 3 is 2.92 bits per heavy atom. The molecule has 1 aromatic heterocycles. The largest absolute Gasteiger partial charge is 0.496 e. The van der Waals surface area contributed by atoms with E-state index in [0.29, 0.717) is 26.2 Å². The van der Waals surface area contributed by atoms with Crippen molar-refractivity contribution in [2.45, 2.75) is 38.8 Å². The minimum absolute atomic E-state index is 0.0268. The van der Waals surface area contributed by atoms with Crippen molar-refractivity contribution < 1.29 is 14.3 Å². The van der Waals surface area contributed by atoms with Crippen LogP contribution in [0.15, 0.2) is 24.5 Å². The van der Waals surface area contributed by atoms with Gasteiger partial charge in [-0.2, -0.15) is 0 Å². The topological polar surface area (TPSA) is 56.6 Å². The van der Waals surface area contributed by atoms with Crippen LogP contribution >= 0.6 is 0 Å². The Morgan fingerprint density at radius 1 is 1.35 bits per heavy atom. The molecule has 0 saturated carbocycles. The molecule has 6 nitrogen and oxygen atoms in total. The summed E-state index contributed by atoms with van der Waals surface area (Å²) in [4.78, 5) is 18.1. The highest BCUT2D eigenvalue weighted by atomic mass is 16.5. The molecule has 1 saturated heterocycles. The molecular weight excluding hydrogens is 330 g/mol. The summed E-state index contributed by atoms with van der Waals surface area (Å²) < 4.78 is 13.6. The number of aryl methyl sites for hydroxylation is 2. The van der Waals surface area contributed by atoms with E-state index in [1.54, 1.807) is 14.0 Å². The number of fused-ring (bicyclic) bond motifs is 1. The molecule has 2 aliphatic rings. The van der Waals surface area contributed by atoms with Crippen molar-refractivity contribution in [3.63, 3.8) is 0 Å². The molecule has 6 heteroatoms. The number of nitrogens with zero attached hydrogens (tertiary/aromatic N) is 3. The number of hydrogen-bond acceptors (Lipinski definition) is 4. The summed E-state index contributed by atoms with van der Waals surface area (Å²) in [5.74, 6) is 1.86. The summed E-state index contributed by atoms with van der Waals surface area (Å²) in [6.45, 7) is 4.14. The molecule has 1 aliphatic heterocycles. The van der Waals surface area contributed by atoms with Gasteiger partial charge in [0.15, 0.2) is 0 Å². The van der Waals surface area contributed by atoms with E-state index in [4.69, 9.17) is 9.47 Å². The van der Waals surface area contributed by atoms with Gasteiger partial charge in [0.1, 0.15) is 11.6 Å². The maximum absolute atomic E-state index is 11.7. The van der Waals surface area contributed by atoms with Gasteiger partial charge in [-0.05, 0) is 42.5 Å². The fourth-order valence-corrected chi connectivity index (χ4v) is 3.98. The van der Waals surface area contributed by atoms with Crippen molar-refractivity contribution in [3.05, 3.63) is 35.7 Å². The summed E-state index contributed by atoms with van der Waals surface area (Å²) in [6.07, 6.45) is 7.20. The van der Waals surface area contributed by atoms with Crippen molar-refractivity contribution in [2.75, 3.05) is 26.8 Å². The number of amides is 1. The lowest BCUT2D eigenvalue weighted by Crippen LogP contribution is -2.46. The fraction of sp³-hybridized carbons (Fsp3) is 0.500. The van der Waals surface area contributed by atoms with E-state index in [0.717, 1.165) is 30.0 Å². The van der Waals surface area contributed by atoms with Gasteiger partial charge in [0.2, 0.25) is 5.91 Å². The standard InChI is InChI=1S/C20H25N3O3/c1-14(24)22-8-9-26-17(12-22)13-23-7-6-21-20(23)18-10-15-4-3-5-16(15)11-19(18)25-2/h6-7,10-11,17H,3-5,8-9,12-13H2,1-2H3/t17-/m1/s1.